The Morgan fingerprint density at radius 1 is 1.30 bits per heavy atom. The van der Waals surface area contributed by atoms with Crippen molar-refractivity contribution in [3.8, 4) is 17.2 Å². The number of carbonyl (C=O) groups is 2. The number of amides is 2. The Labute approximate surface area is 156 Å². The van der Waals surface area contributed by atoms with Gasteiger partial charge in [0.25, 0.3) is 5.91 Å². The standard InChI is InChI=1S/C19H20N4O4/c1-9-4-7-12-14(15(9)26-3)22-13-11(19(25)20-2)8-21-17(16(13)27-12)23-18(24)10-5-6-10/h4,7-8,10,22H,5-6H2,1-3H3,(H,20,25)(H,21,23,24). The molecule has 0 saturated heterocycles. The summed E-state index contributed by atoms with van der Waals surface area (Å²) in [4.78, 5) is 28.8. The number of aromatic nitrogens is 1. The van der Waals surface area contributed by atoms with Crippen molar-refractivity contribution in [1.82, 2.24) is 10.3 Å². The lowest BCUT2D eigenvalue weighted by molar-refractivity contribution is -0.117. The van der Waals surface area contributed by atoms with Crippen LogP contribution in [-0.2, 0) is 4.79 Å². The summed E-state index contributed by atoms with van der Waals surface area (Å²) in [5.41, 5.74) is 2.30. The van der Waals surface area contributed by atoms with Crippen LogP contribution in [0.2, 0.25) is 0 Å². The van der Waals surface area contributed by atoms with Gasteiger partial charge >= 0.3 is 0 Å². The average Bonchev–Trinajstić information content (AvgIpc) is 3.51. The maximum Gasteiger partial charge on any atom is 0.254 e. The molecule has 1 fully saturated rings. The first-order chi connectivity index (χ1) is 13.0. The molecule has 1 aromatic carbocycles. The molecule has 0 radical (unpaired) electrons. The molecule has 0 bridgehead atoms. The van der Waals surface area contributed by atoms with Crippen molar-refractivity contribution in [2.75, 3.05) is 24.8 Å². The van der Waals surface area contributed by atoms with Gasteiger partial charge < -0.3 is 25.4 Å². The van der Waals surface area contributed by atoms with Crippen LogP contribution in [-0.4, -0.2) is 31.0 Å². The number of methoxy groups -OCH3 is 1. The summed E-state index contributed by atoms with van der Waals surface area (Å²) in [6.45, 7) is 1.92. The third-order valence-electron chi connectivity index (χ3n) is 4.68. The summed E-state index contributed by atoms with van der Waals surface area (Å²) in [6.07, 6.45) is 3.18. The lowest BCUT2D eigenvalue weighted by Crippen LogP contribution is -2.22. The van der Waals surface area contributed by atoms with E-state index in [0.717, 1.165) is 18.4 Å². The van der Waals surface area contributed by atoms with E-state index in [4.69, 9.17) is 9.47 Å². The maximum absolute atomic E-state index is 12.3. The molecular formula is C19H20N4O4. The van der Waals surface area contributed by atoms with Crippen LogP contribution in [0.3, 0.4) is 0 Å². The molecule has 2 amide bonds. The number of fused-ring (bicyclic) bond motifs is 2. The Hall–Kier alpha value is -3.29. The molecule has 0 spiro atoms. The summed E-state index contributed by atoms with van der Waals surface area (Å²) in [5.74, 6) is 1.37. The second kappa shape index (κ2) is 6.46. The molecule has 140 valence electrons. The van der Waals surface area contributed by atoms with Crippen LogP contribution in [0.15, 0.2) is 18.3 Å². The van der Waals surface area contributed by atoms with Crippen LogP contribution in [0.4, 0.5) is 17.2 Å². The maximum atomic E-state index is 12.3. The minimum Gasteiger partial charge on any atom is -0.494 e. The highest BCUT2D eigenvalue weighted by Gasteiger charge is 2.33. The fraction of sp³-hybridized carbons (Fsp3) is 0.316. The van der Waals surface area contributed by atoms with Gasteiger partial charge in [0.1, 0.15) is 17.1 Å². The second-order valence-corrected chi connectivity index (χ2v) is 6.58. The van der Waals surface area contributed by atoms with Gasteiger partial charge in [-0.25, -0.2) is 4.98 Å². The Kier molecular flexibility index (Phi) is 4.10. The van der Waals surface area contributed by atoms with Crippen LogP contribution < -0.4 is 25.4 Å². The minimum absolute atomic E-state index is 0.0210. The third kappa shape index (κ3) is 2.92. The van der Waals surface area contributed by atoms with Gasteiger partial charge in [0.2, 0.25) is 5.91 Å². The van der Waals surface area contributed by atoms with Gasteiger partial charge in [0, 0.05) is 19.2 Å². The van der Waals surface area contributed by atoms with Crippen molar-refractivity contribution in [2.45, 2.75) is 19.8 Å². The Bertz CT molecular complexity index is 953. The smallest absolute Gasteiger partial charge is 0.254 e. The van der Waals surface area contributed by atoms with E-state index >= 15 is 0 Å². The van der Waals surface area contributed by atoms with E-state index in [2.05, 4.69) is 20.9 Å². The van der Waals surface area contributed by atoms with Crippen LogP contribution in [0.25, 0.3) is 0 Å². The number of hydrogen-bond donors (Lipinski definition) is 3. The number of anilines is 3. The molecule has 4 rings (SSSR count). The van der Waals surface area contributed by atoms with E-state index < -0.39 is 0 Å². The lowest BCUT2D eigenvalue weighted by atomic mass is 10.1. The van der Waals surface area contributed by atoms with Crippen LogP contribution in [0.1, 0.15) is 28.8 Å². The number of nitrogens with one attached hydrogen (secondary N) is 3. The number of nitrogens with zero attached hydrogens (tertiary/aromatic N) is 1. The molecule has 3 N–H and O–H groups in total. The predicted octanol–water partition coefficient (Wildman–Crippen LogP) is 2.96. The van der Waals surface area contributed by atoms with Crippen LogP contribution >= 0.6 is 0 Å². The number of hydrogen-bond acceptors (Lipinski definition) is 6. The molecule has 1 saturated carbocycles. The molecule has 1 aliphatic carbocycles. The summed E-state index contributed by atoms with van der Waals surface area (Å²) in [5, 5.41) is 8.64. The summed E-state index contributed by atoms with van der Waals surface area (Å²) >= 11 is 0. The molecule has 2 heterocycles. The van der Waals surface area contributed by atoms with E-state index in [0.29, 0.717) is 34.2 Å². The van der Waals surface area contributed by atoms with E-state index in [-0.39, 0.29) is 23.6 Å². The van der Waals surface area contributed by atoms with E-state index in [1.807, 2.05) is 19.1 Å². The highest BCUT2D eigenvalue weighted by atomic mass is 16.5. The third-order valence-corrected chi connectivity index (χ3v) is 4.68. The molecule has 8 nitrogen and oxygen atoms in total. The number of rotatable bonds is 4. The van der Waals surface area contributed by atoms with E-state index in [1.54, 1.807) is 14.2 Å². The zero-order valence-corrected chi connectivity index (χ0v) is 15.3. The van der Waals surface area contributed by atoms with Gasteiger partial charge in [-0.15, -0.1) is 0 Å². The van der Waals surface area contributed by atoms with Gasteiger partial charge in [-0.05, 0) is 31.4 Å². The van der Waals surface area contributed by atoms with Gasteiger partial charge in [-0.3, -0.25) is 9.59 Å². The second-order valence-electron chi connectivity index (χ2n) is 6.58. The monoisotopic (exact) mass is 368 g/mol. The molecule has 27 heavy (non-hydrogen) atoms. The van der Waals surface area contributed by atoms with Gasteiger partial charge in [-0.1, -0.05) is 6.07 Å². The van der Waals surface area contributed by atoms with Gasteiger partial charge in [0.05, 0.1) is 12.7 Å². The van der Waals surface area contributed by atoms with Gasteiger partial charge in [0.15, 0.2) is 17.3 Å². The average molecular weight is 368 g/mol. The number of ether oxygens (including phenoxy) is 2. The Balaban J connectivity index is 1.82. The number of aryl methyl sites for hydroxylation is 1. The quantitative estimate of drug-likeness (QED) is 0.654. The number of pyridine rings is 1. The fourth-order valence-corrected chi connectivity index (χ4v) is 3.05. The molecule has 1 aromatic heterocycles. The highest BCUT2D eigenvalue weighted by molar-refractivity contribution is 6.05. The summed E-state index contributed by atoms with van der Waals surface area (Å²) < 4.78 is 11.5. The lowest BCUT2D eigenvalue weighted by Gasteiger charge is -2.27. The molecule has 2 aromatic rings. The normalized spacial score (nSPS) is 14.2. The SMILES string of the molecule is CNC(=O)c1cnc(NC(=O)C2CC2)c2c1Nc1c(ccc(C)c1OC)O2. The first-order valence-electron chi connectivity index (χ1n) is 8.72. The largest absolute Gasteiger partial charge is 0.494 e. The molecular weight excluding hydrogens is 348 g/mol. The minimum atomic E-state index is -0.315. The summed E-state index contributed by atoms with van der Waals surface area (Å²) in [6, 6.07) is 3.69. The highest BCUT2D eigenvalue weighted by Crippen LogP contribution is 2.51. The number of benzene rings is 1. The van der Waals surface area contributed by atoms with E-state index in [1.165, 1.54) is 6.20 Å². The fourth-order valence-electron chi connectivity index (χ4n) is 3.05. The van der Waals surface area contributed by atoms with Crippen molar-refractivity contribution in [2.24, 2.45) is 5.92 Å². The van der Waals surface area contributed by atoms with E-state index in [9.17, 15) is 9.59 Å². The first kappa shape index (κ1) is 17.1. The van der Waals surface area contributed by atoms with Crippen molar-refractivity contribution in [1.29, 1.82) is 0 Å². The number of carbonyl (C=O) groups excluding carboxylic acids is 2. The zero-order valence-electron chi connectivity index (χ0n) is 15.3. The predicted molar refractivity (Wildman–Crippen MR) is 100 cm³/mol. The van der Waals surface area contributed by atoms with Gasteiger partial charge in [-0.2, -0.15) is 0 Å². The summed E-state index contributed by atoms with van der Waals surface area (Å²) in [7, 11) is 3.12. The molecule has 0 unspecified atom stereocenters. The molecule has 2 aliphatic rings. The Morgan fingerprint density at radius 3 is 2.74 bits per heavy atom. The van der Waals surface area contributed by atoms with Crippen molar-refractivity contribution >= 4 is 29.0 Å². The molecule has 8 heteroatoms. The molecule has 1 aliphatic heterocycles. The Morgan fingerprint density at radius 2 is 2.07 bits per heavy atom. The van der Waals surface area contributed by atoms with Crippen molar-refractivity contribution < 1.29 is 19.1 Å². The van der Waals surface area contributed by atoms with Crippen molar-refractivity contribution in [3.05, 3.63) is 29.5 Å². The zero-order chi connectivity index (χ0) is 19.1. The van der Waals surface area contributed by atoms with Crippen LogP contribution in [0, 0.1) is 12.8 Å². The topological polar surface area (TPSA) is 102 Å². The van der Waals surface area contributed by atoms with Crippen LogP contribution in [0.5, 0.6) is 17.2 Å². The van der Waals surface area contributed by atoms with Crippen molar-refractivity contribution in [3.63, 3.8) is 0 Å². The molecule has 0 atom stereocenters. The first-order valence-corrected chi connectivity index (χ1v) is 8.72.